The van der Waals surface area contributed by atoms with E-state index in [0.29, 0.717) is 12.8 Å². The summed E-state index contributed by atoms with van der Waals surface area (Å²) < 4.78 is 11.1. The number of hydrogen-bond donors (Lipinski definition) is 7. The summed E-state index contributed by atoms with van der Waals surface area (Å²) in [6.45, 7) is 3.58. The normalized spacial score (nSPS) is 21.5. The topological polar surface area (TPSA) is 169 Å². The van der Waals surface area contributed by atoms with Crippen molar-refractivity contribution in [3.63, 3.8) is 0 Å². The highest BCUT2D eigenvalue weighted by molar-refractivity contribution is 5.80. The fourth-order valence-electron chi connectivity index (χ4n) is 7.56. The van der Waals surface area contributed by atoms with Crippen molar-refractivity contribution < 1.29 is 44.9 Å². The predicted molar refractivity (Wildman–Crippen MR) is 241 cm³/mol. The standard InChI is InChI=1S/C49H91NO9/c1-3-5-7-9-11-13-15-17-19-21-22-24-26-28-30-32-34-36-38-43(53)48(57)50-41(40-58-49-47(56)46(55)45(54)44(39-51)59-49)42(52)37-35-33-31-29-27-25-23-20-18-16-14-12-10-8-6-4-2/h11,13,15,17,35,37,41-47,49,51-56H,3-10,12,14,16,18-34,36,38-40H2,1-2H3,(H,50,57)/b13-11-,17-15-,37-35+. The molecule has 0 bridgehead atoms. The Kier molecular flexibility index (Phi) is 36.8. The van der Waals surface area contributed by atoms with Crippen LogP contribution in [0.2, 0.25) is 0 Å². The number of rotatable bonds is 40. The van der Waals surface area contributed by atoms with E-state index in [2.05, 4.69) is 43.5 Å². The van der Waals surface area contributed by atoms with Crippen LogP contribution in [0, 0.1) is 0 Å². The SMILES string of the molecule is CCCCC/C=C\C=C/CCCCCCCCCCCC(O)C(=O)NC(COC1OC(CO)C(O)C(O)C1O)C(O)/C=C/CCCCCCCCCCCCCCCC. The lowest BCUT2D eigenvalue weighted by molar-refractivity contribution is -0.302. The van der Waals surface area contributed by atoms with Gasteiger partial charge in [-0.05, 0) is 44.9 Å². The van der Waals surface area contributed by atoms with Gasteiger partial charge in [0.25, 0.3) is 0 Å². The Morgan fingerprint density at radius 2 is 1.02 bits per heavy atom. The van der Waals surface area contributed by atoms with E-state index in [1.165, 1.54) is 135 Å². The zero-order valence-corrected chi connectivity index (χ0v) is 37.6. The van der Waals surface area contributed by atoms with Gasteiger partial charge in [-0.15, -0.1) is 0 Å². The highest BCUT2D eigenvalue weighted by atomic mass is 16.7. The number of nitrogens with one attached hydrogen (secondary N) is 1. The van der Waals surface area contributed by atoms with E-state index in [4.69, 9.17) is 9.47 Å². The molecule has 0 radical (unpaired) electrons. The van der Waals surface area contributed by atoms with Gasteiger partial charge in [0, 0.05) is 0 Å². The van der Waals surface area contributed by atoms with Crippen LogP contribution in [0.5, 0.6) is 0 Å². The summed E-state index contributed by atoms with van der Waals surface area (Å²) in [6.07, 6.45) is 37.9. The molecular weight excluding hydrogens is 747 g/mol. The van der Waals surface area contributed by atoms with Crippen LogP contribution < -0.4 is 5.32 Å². The van der Waals surface area contributed by atoms with Gasteiger partial charge >= 0.3 is 0 Å². The summed E-state index contributed by atoms with van der Waals surface area (Å²) >= 11 is 0. The van der Waals surface area contributed by atoms with Crippen molar-refractivity contribution in [3.8, 4) is 0 Å². The molecule has 0 spiro atoms. The molecule has 1 saturated heterocycles. The molecule has 0 aromatic heterocycles. The zero-order chi connectivity index (χ0) is 43.2. The van der Waals surface area contributed by atoms with E-state index in [-0.39, 0.29) is 6.61 Å². The van der Waals surface area contributed by atoms with Crippen LogP contribution in [-0.4, -0.2) is 98.7 Å². The molecule has 1 amide bonds. The number of aliphatic hydroxyl groups excluding tert-OH is 6. The number of aliphatic hydroxyl groups is 6. The molecule has 8 atom stereocenters. The minimum absolute atomic E-state index is 0.304. The molecule has 59 heavy (non-hydrogen) atoms. The smallest absolute Gasteiger partial charge is 0.249 e. The lowest BCUT2D eigenvalue weighted by Gasteiger charge is -2.40. The number of carbonyl (C=O) groups excluding carboxylic acids is 1. The number of carbonyl (C=O) groups is 1. The van der Waals surface area contributed by atoms with E-state index >= 15 is 0 Å². The van der Waals surface area contributed by atoms with Crippen LogP contribution in [0.1, 0.15) is 206 Å². The second kappa shape index (κ2) is 39.2. The number of hydrogen-bond acceptors (Lipinski definition) is 9. The molecule has 8 unspecified atom stereocenters. The van der Waals surface area contributed by atoms with Gasteiger partial charge < -0.3 is 45.4 Å². The van der Waals surface area contributed by atoms with Crippen molar-refractivity contribution in [2.24, 2.45) is 0 Å². The maximum Gasteiger partial charge on any atom is 0.249 e. The van der Waals surface area contributed by atoms with Gasteiger partial charge in [0.2, 0.25) is 5.91 Å². The lowest BCUT2D eigenvalue weighted by atomic mass is 9.99. The van der Waals surface area contributed by atoms with Gasteiger partial charge in [-0.25, -0.2) is 0 Å². The highest BCUT2D eigenvalue weighted by Gasteiger charge is 2.44. The van der Waals surface area contributed by atoms with E-state index in [1.54, 1.807) is 6.08 Å². The molecule has 10 nitrogen and oxygen atoms in total. The fourth-order valence-corrected chi connectivity index (χ4v) is 7.56. The van der Waals surface area contributed by atoms with Crippen molar-refractivity contribution in [1.29, 1.82) is 0 Å². The molecule has 0 saturated carbocycles. The second-order valence-electron chi connectivity index (χ2n) is 17.1. The molecule has 7 N–H and O–H groups in total. The molecule has 1 fully saturated rings. The third-order valence-corrected chi connectivity index (χ3v) is 11.6. The van der Waals surface area contributed by atoms with Crippen molar-refractivity contribution in [2.45, 2.75) is 255 Å². The molecule has 1 rings (SSSR count). The molecule has 1 aliphatic rings. The summed E-state index contributed by atoms with van der Waals surface area (Å²) in [5.74, 6) is -0.621. The third-order valence-electron chi connectivity index (χ3n) is 11.6. The molecule has 0 aromatic rings. The van der Waals surface area contributed by atoms with Crippen LogP contribution in [0.15, 0.2) is 36.5 Å². The molecule has 1 heterocycles. The van der Waals surface area contributed by atoms with Crippen LogP contribution in [0.3, 0.4) is 0 Å². The fraction of sp³-hybridized carbons (Fsp3) is 0.857. The van der Waals surface area contributed by atoms with E-state index in [1.807, 2.05) is 6.08 Å². The Hall–Kier alpha value is -1.63. The monoisotopic (exact) mass is 838 g/mol. The minimum atomic E-state index is -1.61. The van der Waals surface area contributed by atoms with Gasteiger partial charge in [0.1, 0.15) is 30.5 Å². The zero-order valence-electron chi connectivity index (χ0n) is 37.6. The Balaban J connectivity index is 2.39. The maximum atomic E-state index is 13.1. The van der Waals surface area contributed by atoms with Crippen LogP contribution in [0.4, 0.5) is 0 Å². The van der Waals surface area contributed by atoms with E-state index in [9.17, 15) is 35.4 Å². The minimum Gasteiger partial charge on any atom is -0.394 e. The largest absolute Gasteiger partial charge is 0.394 e. The Labute approximate surface area is 360 Å². The second-order valence-corrected chi connectivity index (χ2v) is 17.1. The van der Waals surface area contributed by atoms with Gasteiger partial charge in [0.05, 0.1) is 25.4 Å². The van der Waals surface area contributed by atoms with Gasteiger partial charge in [-0.3, -0.25) is 4.79 Å². The Morgan fingerprint density at radius 1 is 0.593 bits per heavy atom. The predicted octanol–water partition coefficient (Wildman–Crippen LogP) is 9.42. The average molecular weight is 838 g/mol. The number of amides is 1. The van der Waals surface area contributed by atoms with Gasteiger partial charge in [0.15, 0.2) is 6.29 Å². The van der Waals surface area contributed by atoms with Gasteiger partial charge in [-0.2, -0.15) is 0 Å². The summed E-state index contributed by atoms with van der Waals surface area (Å²) in [4.78, 5) is 13.1. The van der Waals surface area contributed by atoms with Crippen LogP contribution in [-0.2, 0) is 14.3 Å². The quantitative estimate of drug-likeness (QED) is 0.0181. The van der Waals surface area contributed by atoms with Crippen molar-refractivity contribution >= 4 is 5.91 Å². The first-order valence-electron chi connectivity index (χ1n) is 24.3. The van der Waals surface area contributed by atoms with E-state index < -0.39 is 61.5 Å². The Morgan fingerprint density at radius 3 is 1.51 bits per heavy atom. The van der Waals surface area contributed by atoms with Crippen LogP contribution in [0.25, 0.3) is 0 Å². The Bertz CT molecular complexity index is 1040. The number of allylic oxidation sites excluding steroid dienone is 5. The number of unbranched alkanes of at least 4 members (excludes halogenated alkanes) is 26. The molecule has 10 heteroatoms. The van der Waals surface area contributed by atoms with Crippen molar-refractivity contribution in [2.75, 3.05) is 13.2 Å². The molecular formula is C49H91NO9. The highest BCUT2D eigenvalue weighted by Crippen LogP contribution is 2.23. The van der Waals surface area contributed by atoms with Gasteiger partial charge in [-0.1, -0.05) is 198 Å². The summed E-state index contributed by atoms with van der Waals surface area (Å²) in [6, 6.07) is -0.981. The molecule has 0 aliphatic carbocycles. The third kappa shape index (κ3) is 29.3. The average Bonchev–Trinajstić information content (AvgIpc) is 3.23. The molecule has 0 aromatic carbocycles. The molecule has 1 aliphatic heterocycles. The number of ether oxygens (including phenoxy) is 2. The maximum absolute atomic E-state index is 13.1. The molecule has 346 valence electrons. The van der Waals surface area contributed by atoms with Crippen molar-refractivity contribution in [1.82, 2.24) is 5.32 Å². The lowest BCUT2D eigenvalue weighted by Crippen LogP contribution is -2.60. The van der Waals surface area contributed by atoms with Crippen molar-refractivity contribution in [3.05, 3.63) is 36.5 Å². The first kappa shape index (κ1) is 55.4. The summed E-state index contributed by atoms with van der Waals surface area (Å²) in [5.41, 5.74) is 0. The van der Waals surface area contributed by atoms with E-state index in [0.717, 1.165) is 44.9 Å². The summed E-state index contributed by atoms with van der Waals surface area (Å²) in [5, 5.41) is 64.8. The first-order valence-corrected chi connectivity index (χ1v) is 24.3. The summed E-state index contributed by atoms with van der Waals surface area (Å²) in [7, 11) is 0. The van der Waals surface area contributed by atoms with Crippen LogP contribution >= 0.6 is 0 Å². The first-order chi connectivity index (χ1) is 28.8.